The molecule has 1 aromatic carbocycles. The van der Waals surface area contributed by atoms with Crippen molar-refractivity contribution in [1.82, 2.24) is 0 Å². The predicted molar refractivity (Wildman–Crippen MR) is 61.8 cm³/mol. The normalized spacial score (nSPS) is 11.0. The summed E-state index contributed by atoms with van der Waals surface area (Å²) in [6.07, 6.45) is 1.37. The average molecular weight is 242 g/mol. The van der Waals surface area contributed by atoms with Gasteiger partial charge in [0.15, 0.2) is 0 Å². The van der Waals surface area contributed by atoms with Crippen molar-refractivity contribution in [3.8, 4) is 6.07 Å². The molecule has 4 heteroatoms. The van der Waals surface area contributed by atoms with E-state index in [1.54, 1.807) is 12.1 Å². The Bertz CT molecular complexity index is 447. The van der Waals surface area contributed by atoms with Crippen LogP contribution in [0.4, 0.5) is 0 Å². The predicted octanol–water partition coefficient (Wildman–Crippen LogP) is 3.81. The number of hydrogen-bond donors (Lipinski definition) is 0. The van der Waals surface area contributed by atoms with E-state index in [1.807, 2.05) is 13.0 Å². The summed E-state index contributed by atoms with van der Waals surface area (Å²) in [5, 5.41) is 9.97. The van der Waals surface area contributed by atoms with Gasteiger partial charge in [0.2, 0.25) is 0 Å². The number of hydrogen-bond acceptors (Lipinski definition) is 2. The second-order valence-electron chi connectivity index (χ2n) is 2.94. The van der Waals surface area contributed by atoms with Gasteiger partial charge in [0.1, 0.15) is 12.3 Å². The van der Waals surface area contributed by atoms with E-state index in [4.69, 9.17) is 33.2 Å². The van der Waals surface area contributed by atoms with Gasteiger partial charge in [-0.3, -0.25) is 0 Å². The van der Waals surface area contributed by atoms with Crippen LogP contribution in [0.25, 0.3) is 5.57 Å². The Labute approximate surface area is 98.7 Å². The van der Waals surface area contributed by atoms with Crippen molar-refractivity contribution in [3.05, 3.63) is 39.6 Å². The van der Waals surface area contributed by atoms with E-state index in [9.17, 15) is 0 Å². The highest BCUT2D eigenvalue weighted by atomic mass is 35.5. The van der Waals surface area contributed by atoms with Gasteiger partial charge in [-0.1, -0.05) is 23.2 Å². The first-order valence-electron chi connectivity index (χ1n) is 4.19. The molecule has 0 aromatic heterocycles. The zero-order valence-corrected chi connectivity index (χ0v) is 9.86. The first-order chi connectivity index (χ1) is 7.10. The van der Waals surface area contributed by atoms with Crippen molar-refractivity contribution in [1.29, 1.82) is 5.26 Å². The Morgan fingerprint density at radius 2 is 2.13 bits per heavy atom. The number of nitrogens with zero attached hydrogens (tertiary/aromatic N) is 1. The molecule has 0 amide bonds. The van der Waals surface area contributed by atoms with Gasteiger partial charge in [0, 0.05) is 15.6 Å². The molecule has 1 aromatic rings. The Balaban J connectivity index is 3.37. The quantitative estimate of drug-likeness (QED) is 0.583. The van der Waals surface area contributed by atoms with Crippen LogP contribution in [0.5, 0.6) is 0 Å². The lowest BCUT2D eigenvalue weighted by molar-refractivity contribution is 0.340. The molecule has 78 valence electrons. The van der Waals surface area contributed by atoms with Crippen molar-refractivity contribution < 1.29 is 4.74 Å². The third-order valence-corrected chi connectivity index (χ3v) is 2.57. The van der Waals surface area contributed by atoms with Crippen LogP contribution in [-0.4, -0.2) is 7.11 Å². The summed E-state index contributed by atoms with van der Waals surface area (Å²) in [7, 11) is 1.48. The molecule has 0 heterocycles. The van der Waals surface area contributed by atoms with Gasteiger partial charge in [-0.25, -0.2) is 0 Å². The number of halogens is 2. The average Bonchev–Trinajstić information content (AvgIpc) is 2.20. The highest BCUT2D eigenvalue weighted by Gasteiger charge is 2.09. The smallest absolute Gasteiger partial charge is 0.103 e. The molecule has 0 radical (unpaired) electrons. The third-order valence-electron chi connectivity index (χ3n) is 1.96. The minimum atomic E-state index is 0.402. The zero-order valence-electron chi connectivity index (χ0n) is 8.34. The number of ether oxygens (including phenoxy) is 1. The molecule has 0 aliphatic heterocycles. The summed E-state index contributed by atoms with van der Waals surface area (Å²) in [6.45, 7) is 1.83. The van der Waals surface area contributed by atoms with Gasteiger partial charge in [-0.15, -0.1) is 0 Å². The molecule has 0 N–H and O–H groups in total. The Kier molecular flexibility index (Phi) is 4.02. The van der Waals surface area contributed by atoms with E-state index >= 15 is 0 Å². The molecule has 0 unspecified atom stereocenters. The van der Waals surface area contributed by atoms with Crippen LogP contribution in [-0.2, 0) is 4.74 Å². The molecular weight excluding hydrogens is 233 g/mol. The van der Waals surface area contributed by atoms with Gasteiger partial charge >= 0.3 is 0 Å². The SMILES string of the molecule is CO/C=C(/C#N)c1cc(Cl)cc(Cl)c1C. The maximum atomic E-state index is 8.93. The summed E-state index contributed by atoms with van der Waals surface area (Å²) < 4.78 is 4.81. The second-order valence-corrected chi connectivity index (χ2v) is 3.78. The van der Waals surface area contributed by atoms with E-state index in [-0.39, 0.29) is 0 Å². The molecule has 1 rings (SSSR count). The molecule has 0 saturated carbocycles. The van der Waals surface area contributed by atoms with E-state index < -0.39 is 0 Å². The van der Waals surface area contributed by atoms with E-state index in [2.05, 4.69) is 0 Å². The highest BCUT2D eigenvalue weighted by molar-refractivity contribution is 6.35. The van der Waals surface area contributed by atoms with Gasteiger partial charge in [0.05, 0.1) is 12.7 Å². The number of rotatable bonds is 2. The van der Waals surface area contributed by atoms with Crippen LogP contribution in [0.1, 0.15) is 11.1 Å². The molecule has 15 heavy (non-hydrogen) atoms. The molecule has 0 bridgehead atoms. The molecule has 0 aliphatic rings. The van der Waals surface area contributed by atoms with Crippen molar-refractivity contribution in [3.63, 3.8) is 0 Å². The zero-order chi connectivity index (χ0) is 11.4. The minimum absolute atomic E-state index is 0.402. The van der Waals surface area contributed by atoms with Gasteiger partial charge < -0.3 is 4.74 Å². The number of allylic oxidation sites excluding steroid dienone is 1. The fraction of sp³-hybridized carbons (Fsp3) is 0.182. The first kappa shape index (κ1) is 11.9. The van der Waals surface area contributed by atoms with Gasteiger partial charge in [-0.2, -0.15) is 5.26 Å². The topological polar surface area (TPSA) is 33.0 Å². The molecule has 2 nitrogen and oxygen atoms in total. The number of nitriles is 1. The third kappa shape index (κ3) is 2.65. The largest absolute Gasteiger partial charge is 0.503 e. The molecular formula is C11H9Cl2NO. The summed E-state index contributed by atoms with van der Waals surface area (Å²) in [5.41, 5.74) is 1.90. The summed E-state index contributed by atoms with van der Waals surface area (Å²) >= 11 is 11.8. The summed E-state index contributed by atoms with van der Waals surface area (Å²) in [6, 6.07) is 5.37. The molecule has 0 atom stereocenters. The van der Waals surface area contributed by atoms with Crippen LogP contribution in [0.2, 0.25) is 10.0 Å². The van der Waals surface area contributed by atoms with Gasteiger partial charge in [0.25, 0.3) is 0 Å². The molecule has 0 fully saturated rings. The van der Waals surface area contributed by atoms with Crippen molar-refractivity contribution in [2.45, 2.75) is 6.92 Å². The number of methoxy groups -OCH3 is 1. The fourth-order valence-corrected chi connectivity index (χ4v) is 1.69. The number of benzene rings is 1. The fourth-order valence-electron chi connectivity index (χ4n) is 1.19. The monoisotopic (exact) mass is 241 g/mol. The van der Waals surface area contributed by atoms with Crippen molar-refractivity contribution in [2.75, 3.05) is 7.11 Å². The van der Waals surface area contributed by atoms with Crippen LogP contribution in [0, 0.1) is 18.3 Å². The molecule has 0 aliphatic carbocycles. The van der Waals surface area contributed by atoms with Gasteiger partial charge in [-0.05, 0) is 24.6 Å². The maximum absolute atomic E-state index is 8.93. The van der Waals surface area contributed by atoms with Crippen molar-refractivity contribution in [2.24, 2.45) is 0 Å². The van der Waals surface area contributed by atoms with Crippen LogP contribution < -0.4 is 0 Å². The van der Waals surface area contributed by atoms with Crippen molar-refractivity contribution >= 4 is 28.8 Å². The van der Waals surface area contributed by atoms with Crippen LogP contribution >= 0.6 is 23.2 Å². The van der Waals surface area contributed by atoms with Crippen LogP contribution in [0.3, 0.4) is 0 Å². The lowest BCUT2D eigenvalue weighted by Crippen LogP contribution is -1.89. The Morgan fingerprint density at radius 1 is 1.47 bits per heavy atom. The highest BCUT2D eigenvalue weighted by Crippen LogP contribution is 2.28. The van der Waals surface area contributed by atoms with Crippen LogP contribution in [0.15, 0.2) is 18.4 Å². The Hall–Kier alpha value is -1.17. The lowest BCUT2D eigenvalue weighted by Gasteiger charge is -2.06. The van der Waals surface area contributed by atoms with E-state index in [0.717, 1.165) is 5.56 Å². The minimum Gasteiger partial charge on any atom is -0.503 e. The first-order valence-corrected chi connectivity index (χ1v) is 4.94. The van der Waals surface area contributed by atoms with E-state index in [1.165, 1.54) is 13.4 Å². The Morgan fingerprint density at radius 3 is 2.67 bits per heavy atom. The second kappa shape index (κ2) is 5.06. The molecule has 0 spiro atoms. The summed E-state index contributed by atoms with van der Waals surface area (Å²) in [5.74, 6) is 0. The standard InChI is InChI=1S/C11H9Cl2NO/c1-7-10(8(5-14)6-15-2)3-9(12)4-11(7)13/h3-4,6H,1-2H3/b8-6-. The lowest BCUT2D eigenvalue weighted by atomic mass is 10.0. The van der Waals surface area contributed by atoms with E-state index in [0.29, 0.717) is 21.2 Å². The molecule has 0 saturated heterocycles. The summed E-state index contributed by atoms with van der Waals surface area (Å²) in [4.78, 5) is 0. The maximum Gasteiger partial charge on any atom is 0.103 e.